The normalized spacial score (nSPS) is 12.6. The molecule has 108 valence electrons. The zero-order valence-electron chi connectivity index (χ0n) is 11.7. The standard InChI is InChI=1S/C15H19ClFN3/c1-3-8-18-13(14-7-9-19-20(14)2)10-11-5-4-6-12(16)15(11)17/h4-7,9,13,18H,3,8,10H2,1-2H3. The van der Waals surface area contributed by atoms with Crippen molar-refractivity contribution < 1.29 is 4.39 Å². The van der Waals surface area contributed by atoms with E-state index in [4.69, 9.17) is 11.6 Å². The van der Waals surface area contributed by atoms with Crippen LogP contribution in [0.2, 0.25) is 5.02 Å². The average molecular weight is 296 g/mol. The molecule has 0 spiro atoms. The van der Waals surface area contributed by atoms with Crippen molar-refractivity contribution in [3.63, 3.8) is 0 Å². The lowest BCUT2D eigenvalue weighted by Gasteiger charge is -2.19. The Morgan fingerprint density at radius 3 is 2.85 bits per heavy atom. The van der Waals surface area contributed by atoms with E-state index in [0.29, 0.717) is 12.0 Å². The van der Waals surface area contributed by atoms with E-state index >= 15 is 0 Å². The molecule has 0 aliphatic rings. The lowest BCUT2D eigenvalue weighted by atomic mass is 10.0. The van der Waals surface area contributed by atoms with Gasteiger partial charge in [-0.1, -0.05) is 30.7 Å². The van der Waals surface area contributed by atoms with Crippen LogP contribution < -0.4 is 5.32 Å². The first-order valence-electron chi connectivity index (χ1n) is 6.77. The summed E-state index contributed by atoms with van der Waals surface area (Å²) in [5.74, 6) is -0.334. The summed E-state index contributed by atoms with van der Waals surface area (Å²) in [6, 6.07) is 7.10. The second-order valence-corrected chi connectivity index (χ2v) is 5.21. The van der Waals surface area contributed by atoms with Gasteiger partial charge in [0.15, 0.2) is 0 Å². The van der Waals surface area contributed by atoms with Crippen molar-refractivity contribution in [1.29, 1.82) is 0 Å². The molecule has 0 radical (unpaired) electrons. The summed E-state index contributed by atoms with van der Waals surface area (Å²) < 4.78 is 15.9. The van der Waals surface area contributed by atoms with Gasteiger partial charge in [0.1, 0.15) is 5.82 Å². The highest BCUT2D eigenvalue weighted by atomic mass is 35.5. The molecule has 1 aromatic heterocycles. The van der Waals surface area contributed by atoms with Gasteiger partial charge in [-0.15, -0.1) is 0 Å². The van der Waals surface area contributed by atoms with Crippen molar-refractivity contribution in [2.45, 2.75) is 25.8 Å². The first kappa shape index (κ1) is 15.0. The molecule has 0 saturated heterocycles. The largest absolute Gasteiger partial charge is 0.308 e. The molecular weight excluding hydrogens is 277 g/mol. The van der Waals surface area contributed by atoms with E-state index in [-0.39, 0.29) is 16.9 Å². The Kier molecular flexibility index (Phi) is 5.15. The van der Waals surface area contributed by atoms with Crippen molar-refractivity contribution in [2.24, 2.45) is 7.05 Å². The van der Waals surface area contributed by atoms with Crippen LogP contribution in [0.5, 0.6) is 0 Å². The summed E-state index contributed by atoms with van der Waals surface area (Å²) in [5.41, 5.74) is 1.66. The molecule has 1 unspecified atom stereocenters. The van der Waals surface area contributed by atoms with E-state index in [1.807, 2.05) is 17.8 Å². The van der Waals surface area contributed by atoms with Crippen molar-refractivity contribution in [2.75, 3.05) is 6.54 Å². The minimum atomic E-state index is -0.334. The van der Waals surface area contributed by atoms with Crippen LogP contribution in [-0.4, -0.2) is 16.3 Å². The SMILES string of the molecule is CCCNC(Cc1cccc(Cl)c1F)c1ccnn1C. The molecular formula is C15H19ClFN3. The monoisotopic (exact) mass is 295 g/mol. The summed E-state index contributed by atoms with van der Waals surface area (Å²) in [4.78, 5) is 0. The fraction of sp³-hybridized carbons (Fsp3) is 0.400. The molecule has 0 saturated carbocycles. The van der Waals surface area contributed by atoms with Gasteiger partial charge in [-0.25, -0.2) is 4.39 Å². The lowest BCUT2D eigenvalue weighted by molar-refractivity contribution is 0.483. The number of hydrogen-bond acceptors (Lipinski definition) is 2. The predicted octanol–water partition coefficient (Wildman–Crippen LogP) is 3.50. The van der Waals surface area contributed by atoms with Crippen molar-refractivity contribution in [3.8, 4) is 0 Å². The summed E-state index contributed by atoms with van der Waals surface area (Å²) in [7, 11) is 1.89. The minimum Gasteiger partial charge on any atom is -0.308 e. The van der Waals surface area contributed by atoms with Gasteiger partial charge in [-0.05, 0) is 37.1 Å². The van der Waals surface area contributed by atoms with Gasteiger partial charge in [-0.2, -0.15) is 5.10 Å². The molecule has 1 aromatic carbocycles. The number of benzene rings is 1. The maximum Gasteiger partial charge on any atom is 0.145 e. The van der Waals surface area contributed by atoms with Gasteiger partial charge in [0.25, 0.3) is 0 Å². The number of hydrogen-bond donors (Lipinski definition) is 1. The Morgan fingerprint density at radius 2 is 2.20 bits per heavy atom. The smallest absolute Gasteiger partial charge is 0.145 e. The molecule has 0 fully saturated rings. The van der Waals surface area contributed by atoms with E-state index in [1.165, 1.54) is 0 Å². The second kappa shape index (κ2) is 6.86. The predicted molar refractivity (Wildman–Crippen MR) is 79.4 cm³/mol. The van der Waals surface area contributed by atoms with Gasteiger partial charge < -0.3 is 5.32 Å². The molecule has 0 aliphatic heterocycles. The first-order valence-corrected chi connectivity index (χ1v) is 7.15. The van der Waals surface area contributed by atoms with Crippen LogP contribution in [0, 0.1) is 5.82 Å². The lowest BCUT2D eigenvalue weighted by Crippen LogP contribution is -2.26. The number of nitrogens with one attached hydrogen (secondary N) is 1. The summed E-state index contributed by atoms with van der Waals surface area (Å²) in [5, 5.41) is 7.79. The van der Waals surface area contributed by atoms with Crippen LogP contribution in [0.1, 0.15) is 30.6 Å². The third kappa shape index (κ3) is 3.38. The summed E-state index contributed by atoms with van der Waals surface area (Å²) in [6.07, 6.45) is 3.32. The Morgan fingerprint density at radius 1 is 1.40 bits per heavy atom. The number of rotatable bonds is 6. The zero-order valence-corrected chi connectivity index (χ0v) is 12.5. The van der Waals surface area contributed by atoms with Gasteiger partial charge in [0.05, 0.1) is 16.8 Å². The van der Waals surface area contributed by atoms with Crippen LogP contribution in [0.25, 0.3) is 0 Å². The van der Waals surface area contributed by atoms with E-state index < -0.39 is 0 Å². The molecule has 2 rings (SSSR count). The molecule has 20 heavy (non-hydrogen) atoms. The number of nitrogens with zero attached hydrogens (tertiary/aromatic N) is 2. The third-order valence-corrected chi connectivity index (χ3v) is 3.60. The molecule has 5 heteroatoms. The highest BCUT2D eigenvalue weighted by molar-refractivity contribution is 6.30. The fourth-order valence-electron chi connectivity index (χ4n) is 2.25. The molecule has 2 aromatic rings. The maximum atomic E-state index is 14.0. The molecule has 0 bridgehead atoms. The van der Waals surface area contributed by atoms with Gasteiger partial charge in [-0.3, -0.25) is 4.68 Å². The Balaban J connectivity index is 2.24. The van der Waals surface area contributed by atoms with Gasteiger partial charge in [0.2, 0.25) is 0 Å². The van der Waals surface area contributed by atoms with E-state index in [0.717, 1.165) is 18.7 Å². The molecule has 0 amide bonds. The minimum absolute atomic E-state index is 0.0235. The maximum absolute atomic E-state index is 14.0. The van der Waals surface area contributed by atoms with Crippen molar-refractivity contribution >= 4 is 11.6 Å². The fourth-order valence-corrected chi connectivity index (χ4v) is 2.45. The molecule has 1 N–H and O–H groups in total. The van der Waals surface area contributed by atoms with Crippen LogP contribution in [0.4, 0.5) is 4.39 Å². The Bertz CT molecular complexity index is 568. The number of aromatic nitrogens is 2. The van der Waals surface area contributed by atoms with Crippen LogP contribution in [0.3, 0.4) is 0 Å². The topological polar surface area (TPSA) is 29.9 Å². The van der Waals surface area contributed by atoms with E-state index in [1.54, 1.807) is 24.4 Å². The first-order chi connectivity index (χ1) is 9.63. The molecule has 0 aliphatic carbocycles. The summed E-state index contributed by atoms with van der Waals surface area (Å²) in [6.45, 7) is 2.98. The van der Waals surface area contributed by atoms with E-state index in [2.05, 4.69) is 17.3 Å². The van der Waals surface area contributed by atoms with Gasteiger partial charge >= 0.3 is 0 Å². The average Bonchev–Trinajstić information content (AvgIpc) is 2.85. The number of halogens is 2. The zero-order chi connectivity index (χ0) is 14.5. The highest BCUT2D eigenvalue weighted by Gasteiger charge is 2.17. The van der Waals surface area contributed by atoms with Crippen LogP contribution >= 0.6 is 11.6 Å². The van der Waals surface area contributed by atoms with Crippen LogP contribution in [0.15, 0.2) is 30.5 Å². The quantitative estimate of drug-likeness (QED) is 0.884. The number of aryl methyl sites for hydroxylation is 1. The van der Waals surface area contributed by atoms with Gasteiger partial charge in [0, 0.05) is 13.2 Å². The summed E-state index contributed by atoms with van der Waals surface area (Å²) >= 11 is 5.84. The molecule has 1 atom stereocenters. The highest BCUT2D eigenvalue weighted by Crippen LogP contribution is 2.23. The molecule has 1 heterocycles. The van der Waals surface area contributed by atoms with Crippen molar-refractivity contribution in [3.05, 3.63) is 52.6 Å². The third-order valence-electron chi connectivity index (χ3n) is 3.31. The van der Waals surface area contributed by atoms with Crippen LogP contribution in [-0.2, 0) is 13.5 Å². The Labute approximate surface area is 123 Å². The second-order valence-electron chi connectivity index (χ2n) is 4.80. The molecule has 3 nitrogen and oxygen atoms in total. The van der Waals surface area contributed by atoms with Crippen molar-refractivity contribution in [1.82, 2.24) is 15.1 Å². The van der Waals surface area contributed by atoms with E-state index in [9.17, 15) is 4.39 Å². The Hall–Kier alpha value is -1.39.